The van der Waals surface area contributed by atoms with E-state index in [2.05, 4.69) is 15.5 Å². The predicted octanol–water partition coefficient (Wildman–Crippen LogP) is 0.318. The molecule has 5 nitrogen and oxygen atoms in total. The number of aliphatic hydroxyl groups excluding tert-OH is 1. The highest BCUT2D eigenvalue weighted by molar-refractivity contribution is 7.09. The normalized spacial score (nSPS) is 10.6. The fraction of sp³-hybridized carbons (Fsp3) is 0.375. The molecular formula is C8H10N4OS. The number of hydrogen-bond donors (Lipinski definition) is 1. The largest absolute Gasteiger partial charge is 0.394 e. The topological polar surface area (TPSA) is 63.8 Å². The van der Waals surface area contributed by atoms with Crippen molar-refractivity contribution < 1.29 is 5.11 Å². The van der Waals surface area contributed by atoms with E-state index in [4.69, 9.17) is 5.11 Å². The number of aliphatic hydroxyl groups is 1. The third-order valence-electron chi connectivity index (χ3n) is 1.83. The van der Waals surface area contributed by atoms with E-state index in [0.29, 0.717) is 6.54 Å². The summed E-state index contributed by atoms with van der Waals surface area (Å²) in [5.41, 5.74) is 0. The van der Waals surface area contributed by atoms with Crippen LogP contribution in [0.1, 0.15) is 10.7 Å². The second kappa shape index (κ2) is 4.30. The molecule has 0 bridgehead atoms. The summed E-state index contributed by atoms with van der Waals surface area (Å²) in [5, 5.41) is 22.1. The van der Waals surface area contributed by atoms with E-state index in [9.17, 15) is 0 Å². The van der Waals surface area contributed by atoms with Gasteiger partial charge >= 0.3 is 0 Å². The lowest BCUT2D eigenvalue weighted by Gasteiger charge is -1.99. The zero-order valence-corrected chi connectivity index (χ0v) is 8.31. The van der Waals surface area contributed by atoms with Crippen LogP contribution in [0, 0.1) is 0 Å². The van der Waals surface area contributed by atoms with Crippen molar-refractivity contribution in [3.05, 3.63) is 28.2 Å². The maximum absolute atomic E-state index is 8.77. The second-order valence-corrected chi connectivity index (χ2v) is 3.83. The first-order valence-electron chi connectivity index (χ1n) is 4.28. The summed E-state index contributed by atoms with van der Waals surface area (Å²) in [6.45, 7) is 0.510. The Labute approximate surface area is 85.0 Å². The Balaban J connectivity index is 2.12. The summed E-state index contributed by atoms with van der Waals surface area (Å²) < 4.78 is 1.62. The molecule has 14 heavy (non-hydrogen) atoms. The van der Waals surface area contributed by atoms with Crippen LogP contribution in [0.25, 0.3) is 0 Å². The van der Waals surface area contributed by atoms with Crippen LogP contribution in [0.2, 0.25) is 0 Å². The zero-order chi connectivity index (χ0) is 9.80. The molecule has 0 aliphatic rings. The molecule has 0 unspecified atom stereocenters. The molecule has 74 valence electrons. The number of tetrazole rings is 1. The van der Waals surface area contributed by atoms with Gasteiger partial charge < -0.3 is 5.11 Å². The van der Waals surface area contributed by atoms with Crippen LogP contribution < -0.4 is 0 Å². The molecule has 2 rings (SSSR count). The molecule has 0 atom stereocenters. The molecule has 6 heteroatoms. The van der Waals surface area contributed by atoms with Crippen LogP contribution >= 0.6 is 11.3 Å². The van der Waals surface area contributed by atoms with Crippen LogP contribution in [-0.2, 0) is 13.0 Å². The molecule has 1 N–H and O–H groups in total. The first-order chi connectivity index (χ1) is 6.90. The van der Waals surface area contributed by atoms with E-state index in [-0.39, 0.29) is 6.61 Å². The van der Waals surface area contributed by atoms with Crippen molar-refractivity contribution in [2.75, 3.05) is 6.61 Å². The highest BCUT2D eigenvalue weighted by atomic mass is 32.1. The fourth-order valence-electron chi connectivity index (χ4n) is 1.19. The number of thiophene rings is 1. The standard InChI is InChI=1S/C8H10N4OS/c13-4-3-12-8(9-10-11-12)6-7-2-1-5-14-7/h1-2,5,13H,3-4,6H2. The Bertz CT molecular complexity index is 384. The maximum Gasteiger partial charge on any atom is 0.156 e. The van der Waals surface area contributed by atoms with Gasteiger partial charge in [0.05, 0.1) is 13.2 Å². The van der Waals surface area contributed by atoms with Crippen molar-refractivity contribution in [1.29, 1.82) is 0 Å². The molecule has 0 aromatic carbocycles. The van der Waals surface area contributed by atoms with Crippen LogP contribution in [0.4, 0.5) is 0 Å². The van der Waals surface area contributed by atoms with Gasteiger partial charge in [0.15, 0.2) is 5.82 Å². The van der Waals surface area contributed by atoms with Crippen molar-refractivity contribution in [2.24, 2.45) is 0 Å². The van der Waals surface area contributed by atoms with Crippen LogP contribution in [0.5, 0.6) is 0 Å². The number of rotatable bonds is 4. The van der Waals surface area contributed by atoms with Gasteiger partial charge in [0, 0.05) is 11.3 Å². The molecule has 0 aliphatic heterocycles. The smallest absolute Gasteiger partial charge is 0.156 e. The molecule has 2 heterocycles. The predicted molar refractivity (Wildman–Crippen MR) is 52.0 cm³/mol. The van der Waals surface area contributed by atoms with Crippen molar-refractivity contribution in [3.63, 3.8) is 0 Å². The van der Waals surface area contributed by atoms with E-state index in [0.717, 1.165) is 12.2 Å². The van der Waals surface area contributed by atoms with Crippen LogP contribution in [0.15, 0.2) is 17.5 Å². The Kier molecular flexibility index (Phi) is 2.85. The Morgan fingerprint density at radius 2 is 2.43 bits per heavy atom. The molecule has 0 saturated heterocycles. The summed E-state index contributed by atoms with van der Waals surface area (Å²) >= 11 is 1.68. The van der Waals surface area contributed by atoms with E-state index < -0.39 is 0 Å². The first kappa shape index (κ1) is 9.29. The highest BCUT2D eigenvalue weighted by Crippen LogP contribution is 2.12. The summed E-state index contributed by atoms with van der Waals surface area (Å²) in [4.78, 5) is 1.22. The van der Waals surface area contributed by atoms with Crippen LogP contribution in [-0.4, -0.2) is 31.9 Å². The van der Waals surface area contributed by atoms with Gasteiger partial charge in [-0.1, -0.05) is 6.07 Å². The molecule has 0 spiro atoms. The Hall–Kier alpha value is -1.27. The molecule has 0 aliphatic carbocycles. The average molecular weight is 210 g/mol. The quantitative estimate of drug-likeness (QED) is 0.789. The van der Waals surface area contributed by atoms with Gasteiger partial charge in [-0.15, -0.1) is 16.4 Å². The molecule has 0 amide bonds. The molecular weight excluding hydrogens is 200 g/mol. The van der Waals surface area contributed by atoms with Gasteiger partial charge in [-0.3, -0.25) is 0 Å². The van der Waals surface area contributed by atoms with E-state index in [1.165, 1.54) is 4.88 Å². The summed E-state index contributed by atoms with van der Waals surface area (Å²) in [5.74, 6) is 0.793. The number of hydrogen-bond acceptors (Lipinski definition) is 5. The van der Waals surface area contributed by atoms with E-state index in [1.807, 2.05) is 17.5 Å². The lowest BCUT2D eigenvalue weighted by Crippen LogP contribution is -2.08. The molecule has 0 fully saturated rings. The SMILES string of the molecule is OCCn1nnnc1Cc1cccs1. The summed E-state index contributed by atoms with van der Waals surface area (Å²) in [6.07, 6.45) is 0.727. The van der Waals surface area contributed by atoms with Gasteiger partial charge in [-0.05, 0) is 21.9 Å². The van der Waals surface area contributed by atoms with Gasteiger partial charge in [0.1, 0.15) is 0 Å². The minimum absolute atomic E-state index is 0.0580. The van der Waals surface area contributed by atoms with Gasteiger partial charge in [0.2, 0.25) is 0 Å². The monoisotopic (exact) mass is 210 g/mol. The fourth-order valence-corrected chi connectivity index (χ4v) is 1.89. The van der Waals surface area contributed by atoms with Crippen molar-refractivity contribution in [2.45, 2.75) is 13.0 Å². The highest BCUT2D eigenvalue weighted by Gasteiger charge is 2.06. The average Bonchev–Trinajstić information content (AvgIpc) is 2.80. The number of nitrogens with zero attached hydrogens (tertiary/aromatic N) is 4. The third-order valence-corrected chi connectivity index (χ3v) is 2.71. The molecule has 2 aromatic rings. The Morgan fingerprint density at radius 3 is 3.14 bits per heavy atom. The lowest BCUT2D eigenvalue weighted by atomic mass is 10.3. The van der Waals surface area contributed by atoms with Crippen LogP contribution in [0.3, 0.4) is 0 Å². The summed E-state index contributed by atoms with van der Waals surface area (Å²) in [7, 11) is 0. The van der Waals surface area contributed by atoms with Gasteiger partial charge in [-0.2, -0.15) is 0 Å². The lowest BCUT2D eigenvalue weighted by molar-refractivity contribution is 0.266. The minimum Gasteiger partial charge on any atom is -0.394 e. The molecule has 0 saturated carbocycles. The molecule has 2 aromatic heterocycles. The first-order valence-corrected chi connectivity index (χ1v) is 5.16. The van der Waals surface area contributed by atoms with Crippen molar-refractivity contribution in [1.82, 2.24) is 20.2 Å². The Morgan fingerprint density at radius 1 is 1.50 bits per heavy atom. The number of aromatic nitrogens is 4. The maximum atomic E-state index is 8.77. The van der Waals surface area contributed by atoms with Crippen molar-refractivity contribution in [3.8, 4) is 0 Å². The zero-order valence-electron chi connectivity index (χ0n) is 7.50. The van der Waals surface area contributed by atoms with Crippen molar-refractivity contribution >= 4 is 11.3 Å². The summed E-state index contributed by atoms with van der Waals surface area (Å²) in [6, 6.07) is 4.04. The van der Waals surface area contributed by atoms with E-state index >= 15 is 0 Å². The second-order valence-electron chi connectivity index (χ2n) is 2.80. The van der Waals surface area contributed by atoms with Gasteiger partial charge in [0.25, 0.3) is 0 Å². The minimum atomic E-state index is 0.0580. The van der Waals surface area contributed by atoms with E-state index in [1.54, 1.807) is 16.0 Å². The molecule has 0 radical (unpaired) electrons. The van der Waals surface area contributed by atoms with Gasteiger partial charge in [-0.25, -0.2) is 4.68 Å². The third kappa shape index (κ3) is 1.97.